The first-order valence-corrected chi connectivity index (χ1v) is 7.43. The van der Waals surface area contributed by atoms with Crippen LogP contribution < -0.4 is 5.32 Å². The van der Waals surface area contributed by atoms with Gasteiger partial charge in [0, 0.05) is 12.1 Å². The molecule has 23 heavy (non-hydrogen) atoms. The van der Waals surface area contributed by atoms with E-state index in [-0.39, 0.29) is 0 Å². The second-order valence-electron chi connectivity index (χ2n) is 5.47. The first kappa shape index (κ1) is 15.2. The SMILES string of the molecule is O=C(OC(C(=O)O)c1ccccc1)C1Cc2ccccc2CN1. The lowest BCUT2D eigenvalue weighted by atomic mass is 9.96. The quantitative estimate of drug-likeness (QED) is 0.846. The summed E-state index contributed by atoms with van der Waals surface area (Å²) in [6.45, 7) is 0.568. The highest BCUT2D eigenvalue weighted by atomic mass is 16.6. The molecule has 2 aromatic rings. The van der Waals surface area contributed by atoms with Crippen LogP contribution in [0, 0.1) is 0 Å². The standard InChI is InChI=1S/C18H17NO4/c20-17(21)16(12-6-2-1-3-7-12)23-18(22)15-10-13-8-4-5-9-14(13)11-19-15/h1-9,15-16,19H,10-11H2,(H,20,21). The molecule has 0 fully saturated rings. The lowest BCUT2D eigenvalue weighted by Gasteiger charge is -2.26. The molecule has 2 aromatic carbocycles. The number of fused-ring (bicyclic) bond motifs is 1. The van der Waals surface area contributed by atoms with Crippen LogP contribution in [0.15, 0.2) is 54.6 Å². The number of carbonyl (C=O) groups excluding carboxylic acids is 1. The first-order valence-electron chi connectivity index (χ1n) is 7.43. The highest BCUT2D eigenvalue weighted by Crippen LogP contribution is 2.21. The van der Waals surface area contributed by atoms with Gasteiger partial charge < -0.3 is 15.2 Å². The Morgan fingerprint density at radius 1 is 1.04 bits per heavy atom. The molecule has 0 saturated heterocycles. The number of benzene rings is 2. The molecule has 1 aliphatic heterocycles. The van der Waals surface area contributed by atoms with E-state index in [9.17, 15) is 14.7 Å². The smallest absolute Gasteiger partial charge is 0.349 e. The lowest BCUT2D eigenvalue weighted by Crippen LogP contribution is -2.43. The summed E-state index contributed by atoms with van der Waals surface area (Å²) in [6.07, 6.45) is -0.793. The van der Waals surface area contributed by atoms with Crippen LogP contribution in [0.2, 0.25) is 0 Å². The Bertz CT molecular complexity index is 714. The minimum atomic E-state index is -1.29. The number of carbonyl (C=O) groups is 2. The summed E-state index contributed by atoms with van der Waals surface area (Å²) in [6, 6.07) is 15.8. The monoisotopic (exact) mass is 311 g/mol. The van der Waals surface area contributed by atoms with Gasteiger partial charge in [-0.1, -0.05) is 54.6 Å². The minimum absolute atomic E-state index is 0.449. The maximum atomic E-state index is 12.3. The van der Waals surface area contributed by atoms with Gasteiger partial charge >= 0.3 is 11.9 Å². The van der Waals surface area contributed by atoms with Crippen molar-refractivity contribution in [3.05, 3.63) is 71.3 Å². The van der Waals surface area contributed by atoms with Crippen LogP contribution >= 0.6 is 0 Å². The van der Waals surface area contributed by atoms with Crippen molar-refractivity contribution in [3.8, 4) is 0 Å². The highest BCUT2D eigenvalue weighted by molar-refractivity contribution is 5.82. The van der Waals surface area contributed by atoms with Gasteiger partial charge in [0.1, 0.15) is 6.04 Å². The second-order valence-corrected chi connectivity index (χ2v) is 5.47. The molecule has 1 aliphatic rings. The number of ether oxygens (including phenoxy) is 1. The molecule has 2 unspecified atom stereocenters. The molecule has 3 rings (SSSR count). The predicted octanol–water partition coefficient (Wildman–Crippen LogP) is 2.07. The molecule has 0 amide bonds. The fourth-order valence-electron chi connectivity index (χ4n) is 2.71. The van der Waals surface area contributed by atoms with Crippen LogP contribution in [0.3, 0.4) is 0 Å². The van der Waals surface area contributed by atoms with E-state index >= 15 is 0 Å². The van der Waals surface area contributed by atoms with E-state index in [2.05, 4.69) is 5.32 Å². The van der Waals surface area contributed by atoms with E-state index in [0.717, 1.165) is 11.1 Å². The topological polar surface area (TPSA) is 75.6 Å². The molecular weight excluding hydrogens is 294 g/mol. The van der Waals surface area contributed by atoms with Crippen molar-refractivity contribution in [2.75, 3.05) is 0 Å². The van der Waals surface area contributed by atoms with Crippen molar-refractivity contribution < 1.29 is 19.4 Å². The van der Waals surface area contributed by atoms with Gasteiger partial charge in [-0.25, -0.2) is 4.79 Å². The maximum Gasteiger partial charge on any atom is 0.349 e. The Morgan fingerprint density at radius 2 is 1.70 bits per heavy atom. The third-order valence-corrected chi connectivity index (χ3v) is 3.93. The first-order chi connectivity index (χ1) is 11.1. The minimum Gasteiger partial charge on any atom is -0.478 e. The van der Waals surface area contributed by atoms with Crippen molar-refractivity contribution in [3.63, 3.8) is 0 Å². The van der Waals surface area contributed by atoms with Crippen molar-refractivity contribution in [2.24, 2.45) is 0 Å². The Labute approximate surface area is 133 Å². The van der Waals surface area contributed by atoms with Gasteiger partial charge in [-0.3, -0.25) is 4.79 Å². The average Bonchev–Trinajstić information content (AvgIpc) is 2.59. The van der Waals surface area contributed by atoms with Crippen molar-refractivity contribution in [1.29, 1.82) is 0 Å². The molecule has 0 aromatic heterocycles. The molecule has 0 saturated carbocycles. The third-order valence-electron chi connectivity index (χ3n) is 3.93. The third kappa shape index (κ3) is 3.40. The molecule has 118 valence electrons. The fraction of sp³-hybridized carbons (Fsp3) is 0.222. The molecular formula is C18H17NO4. The summed E-state index contributed by atoms with van der Waals surface area (Å²) in [5, 5.41) is 12.4. The number of esters is 1. The summed E-state index contributed by atoms with van der Waals surface area (Å²) in [5.41, 5.74) is 2.68. The average molecular weight is 311 g/mol. The lowest BCUT2D eigenvalue weighted by molar-refractivity contribution is -0.166. The van der Waals surface area contributed by atoms with Crippen LogP contribution in [0.25, 0.3) is 0 Å². The van der Waals surface area contributed by atoms with E-state index in [0.29, 0.717) is 18.5 Å². The van der Waals surface area contributed by atoms with Crippen LogP contribution in [0.5, 0.6) is 0 Å². The van der Waals surface area contributed by atoms with E-state index in [4.69, 9.17) is 4.74 Å². The molecule has 2 atom stereocenters. The summed E-state index contributed by atoms with van der Waals surface area (Å²) in [7, 11) is 0. The number of rotatable bonds is 4. The van der Waals surface area contributed by atoms with Gasteiger partial charge in [0.05, 0.1) is 0 Å². The molecule has 5 nitrogen and oxygen atoms in total. The van der Waals surface area contributed by atoms with E-state index in [1.165, 1.54) is 0 Å². The van der Waals surface area contributed by atoms with Gasteiger partial charge in [-0.05, 0) is 17.5 Å². The highest BCUT2D eigenvalue weighted by Gasteiger charge is 2.30. The number of hydrogen-bond acceptors (Lipinski definition) is 4. The Morgan fingerprint density at radius 3 is 2.39 bits per heavy atom. The van der Waals surface area contributed by atoms with E-state index < -0.39 is 24.1 Å². The fourth-order valence-corrected chi connectivity index (χ4v) is 2.71. The van der Waals surface area contributed by atoms with E-state index in [1.54, 1.807) is 30.3 Å². The number of carboxylic acid groups (broad SMARTS) is 1. The number of carboxylic acids is 1. The van der Waals surface area contributed by atoms with Gasteiger partial charge in [0.25, 0.3) is 0 Å². The number of nitrogens with one attached hydrogen (secondary N) is 1. The summed E-state index contributed by atoms with van der Waals surface area (Å²) in [5.74, 6) is -1.73. The Hall–Kier alpha value is -2.66. The normalized spacial score (nSPS) is 17.8. The zero-order valence-electron chi connectivity index (χ0n) is 12.4. The maximum absolute atomic E-state index is 12.3. The zero-order chi connectivity index (χ0) is 16.2. The van der Waals surface area contributed by atoms with Crippen molar-refractivity contribution >= 4 is 11.9 Å². The number of aliphatic carboxylic acids is 1. The molecule has 0 spiro atoms. The second kappa shape index (κ2) is 6.62. The molecule has 0 aliphatic carbocycles. The van der Waals surface area contributed by atoms with Crippen LogP contribution in [0.1, 0.15) is 22.8 Å². The van der Waals surface area contributed by atoms with Gasteiger partial charge in [0.2, 0.25) is 6.10 Å². The molecule has 2 N–H and O–H groups in total. The molecule has 0 radical (unpaired) electrons. The van der Waals surface area contributed by atoms with Crippen LogP contribution in [-0.2, 0) is 27.3 Å². The summed E-state index contributed by atoms with van der Waals surface area (Å²) < 4.78 is 5.25. The Kier molecular flexibility index (Phi) is 4.39. The number of hydrogen-bond donors (Lipinski definition) is 2. The molecule has 0 bridgehead atoms. The van der Waals surface area contributed by atoms with Gasteiger partial charge in [-0.15, -0.1) is 0 Å². The van der Waals surface area contributed by atoms with Gasteiger partial charge in [0.15, 0.2) is 0 Å². The van der Waals surface area contributed by atoms with Gasteiger partial charge in [-0.2, -0.15) is 0 Å². The zero-order valence-corrected chi connectivity index (χ0v) is 12.4. The molecule has 5 heteroatoms. The summed E-state index contributed by atoms with van der Waals surface area (Å²) in [4.78, 5) is 23.8. The van der Waals surface area contributed by atoms with E-state index in [1.807, 2.05) is 24.3 Å². The Balaban J connectivity index is 1.72. The van der Waals surface area contributed by atoms with Crippen molar-refractivity contribution in [1.82, 2.24) is 5.32 Å². The molecule has 1 heterocycles. The largest absolute Gasteiger partial charge is 0.478 e. The van der Waals surface area contributed by atoms with Crippen molar-refractivity contribution in [2.45, 2.75) is 25.1 Å². The predicted molar refractivity (Wildman–Crippen MR) is 83.7 cm³/mol. The van der Waals surface area contributed by atoms with Crippen LogP contribution in [-0.4, -0.2) is 23.1 Å². The summed E-state index contributed by atoms with van der Waals surface area (Å²) >= 11 is 0. The van der Waals surface area contributed by atoms with Crippen LogP contribution in [0.4, 0.5) is 0 Å².